The maximum absolute atomic E-state index is 10.6. The second kappa shape index (κ2) is 4.47. The Hall–Kier alpha value is -0.650. The van der Waals surface area contributed by atoms with E-state index in [-0.39, 0.29) is 12.9 Å². The zero-order chi connectivity index (χ0) is 10.8. The van der Waals surface area contributed by atoms with Crippen LogP contribution in [0.2, 0.25) is 0 Å². The molecule has 0 spiro atoms. The standard InChI is InChI=1S/C10H17NO4/c1-11-4-2-3-7(11)5-9-14-6-8(15-9)10(12)13/h7-9H,2-6H2,1H3,(H,12,13). The molecule has 2 rings (SSSR count). The first-order valence-corrected chi connectivity index (χ1v) is 5.37. The predicted octanol–water partition coefficient (Wildman–Crippen LogP) is 0.297. The lowest BCUT2D eigenvalue weighted by atomic mass is 10.1. The highest BCUT2D eigenvalue weighted by Crippen LogP contribution is 2.24. The van der Waals surface area contributed by atoms with Crippen LogP contribution in [-0.4, -0.2) is 54.6 Å². The molecule has 1 N–H and O–H groups in total. The Labute approximate surface area is 89.0 Å². The summed E-state index contributed by atoms with van der Waals surface area (Å²) < 4.78 is 10.6. The average Bonchev–Trinajstić information content (AvgIpc) is 2.77. The van der Waals surface area contributed by atoms with Crippen molar-refractivity contribution >= 4 is 5.97 Å². The van der Waals surface area contributed by atoms with Crippen molar-refractivity contribution in [2.45, 2.75) is 37.7 Å². The van der Waals surface area contributed by atoms with E-state index >= 15 is 0 Å². The first-order valence-electron chi connectivity index (χ1n) is 5.37. The molecule has 2 aliphatic rings. The lowest BCUT2D eigenvalue weighted by Crippen LogP contribution is -2.30. The van der Waals surface area contributed by atoms with E-state index in [1.54, 1.807) is 0 Å². The fraction of sp³-hybridized carbons (Fsp3) is 0.900. The van der Waals surface area contributed by atoms with Gasteiger partial charge in [0.05, 0.1) is 6.61 Å². The van der Waals surface area contributed by atoms with Crippen LogP contribution < -0.4 is 0 Å². The molecule has 0 bridgehead atoms. The molecular formula is C10H17NO4. The topological polar surface area (TPSA) is 59.0 Å². The minimum absolute atomic E-state index is 0.177. The number of aliphatic carboxylic acids is 1. The van der Waals surface area contributed by atoms with Crippen LogP contribution in [0, 0.1) is 0 Å². The number of nitrogens with zero attached hydrogens (tertiary/aromatic N) is 1. The van der Waals surface area contributed by atoms with Gasteiger partial charge in [-0.3, -0.25) is 0 Å². The van der Waals surface area contributed by atoms with Crippen LogP contribution in [-0.2, 0) is 14.3 Å². The number of carbonyl (C=O) groups is 1. The molecule has 5 heteroatoms. The van der Waals surface area contributed by atoms with E-state index in [1.807, 2.05) is 0 Å². The van der Waals surface area contributed by atoms with Gasteiger partial charge < -0.3 is 19.5 Å². The summed E-state index contributed by atoms with van der Waals surface area (Å²) in [6.07, 6.45) is 2.02. The summed E-state index contributed by atoms with van der Waals surface area (Å²) in [5.41, 5.74) is 0. The monoisotopic (exact) mass is 215 g/mol. The quantitative estimate of drug-likeness (QED) is 0.733. The molecule has 0 radical (unpaired) electrons. The largest absolute Gasteiger partial charge is 0.479 e. The second-order valence-electron chi connectivity index (χ2n) is 4.24. The van der Waals surface area contributed by atoms with Crippen LogP contribution in [0.3, 0.4) is 0 Å². The van der Waals surface area contributed by atoms with Crippen molar-refractivity contribution in [3.8, 4) is 0 Å². The van der Waals surface area contributed by atoms with Crippen LogP contribution >= 0.6 is 0 Å². The minimum atomic E-state index is -0.933. The van der Waals surface area contributed by atoms with Crippen LogP contribution in [0.25, 0.3) is 0 Å². The Bertz CT molecular complexity index is 246. The molecule has 15 heavy (non-hydrogen) atoms. The fourth-order valence-corrected chi connectivity index (χ4v) is 2.21. The van der Waals surface area contributed by atoms with E-state index in [1.165, 1.54) is 6.42 Å². The Morgan fingerprint density at radius 2 is 2.40 bits per heavy atom. The van der Waals surface area contributed by atoms with E-state index in [9.17, 15) is 4.79 Å². The average molecular weight is 215 g/mol. The molecule has 2 aliphatic heterocycles. The number of carboxylic acids is 1. The molecule has 0 saturated carbocycles. The molecule has 0 amide bonds. The predicted molar refractivity (Wildman–Crippen MR) is 52.5 cm³/mol. The van der Waals surface area contributed by atoms with Gasteiger partial charge in [-0.2, -0.15) is 0 Å². The van der Waals surface area contributed by atoms with E-state index < -0.39 is 12.1 Å². The summed E-state index contributed by atoms with van der Waals surface area (Å²) in [6, 6.07) is 0.475. The molecule has 0 aliphatic carbocycles. The summed E-state index contributed by atoms with van der Waals surface area (Å²) in [7, 11) is 2.08. The van der Waals surface area contributed by atoms with E-state index in [2.05, 4.69) is 11.9 Å². The zero-order valence-corrected chi connectivity index (χ0v) is 8.89. The number of hydrogen-bond donors (Lipinski definition) is 1. The summed E-state index contributed by atoms with van der Waals surface area (Å²) in [5.74, 6) is -0.933. The first kappa shape index (κ1) is 10.9. The van der Waals surface area contributed by atoms with Gasteiger partial charge in [-0.05, 0) is 26.4 Å². The van der Waals surface area contributed by atoms with Crippen molar-refractivity contribution in [3.05, 3.63) is 0 Å². The van der Waals surface area contributed by atoms with Gasteiger partial charge in [0, 0.05) is 12.5 Å². The molecule has 86 valence electrons. The van der Waals surface area contributed by atoms with Crippen LogP contribution in [0.15, 0.2) is 0 Å². The van der Waals surface area contributed by atoms with Crippen LogP contribution in [0.1, 0.15) is 19.3 Å². The van der Waals surface area contributed by atoms with Gasteiger partial charge in [0.1, 0.15) is 0 Å². The molecule has 0 aromatic rings. The molecule has 3 atom stereocenters. The molecule has 0 aromatic heterocycles. The van der Waals surface area contributed by atoms with Crippen LogP contribution in [0.4, 0.5) is 0 Å². The normalized spacial score (nSPS) is 37.3. The van der Waals surface area contributed by atoms with Crippen LogP contribution in [0.5, 0.6) is 0 Å². The molecule has 0 aromatic carbocycles. The summed E-state index contributed by atoms with van der Waals surface area (Å²) in [4.78, 5) is 12.9. The lowest BCUT2D eigenvalue weighted by molar-refractivity contribution is -0.151. The molecule has 2 fully saturated rings. The van der Waals surface area contributed by atoms with Crippen molar-refractivity contribution in [3.63, 3.8) is 0 Å². The van der Waals surface area contributed by atoms with Gasteiger partial charge in [0.15, 0.2) is 12.4 Å². The maximum Gasteiger partial charge on any atom is 0.335 e. The molecule has 2 heterocycles. The van der Waals surface area contributed by atoms with E-state index in [0.29, 0.717) is 6.04 Å². The van der Waals surface area contributed by atoms with Crippen molar-refractivity contribution in [1.82, 2.24) is 4.90 Å². The summed E-state index contributed by atoms with van der Waals surface area (Å²) in [6.45, 7) is 1.29. The van der Waals surface area contributed by atoms with Gasteiger partial charge in [-0.25, -0.2) is 4.79 Å². The third-order valence-corrected chi connectivity index (χ3v) is 3.16. The number of hydrogen-bond acceptors (Lipinski definition) is 4. The Morgan fingerprint density at radius 3 is 2.93 bits per heavy atom. The second-order valence-corrected chi connectivity index (χ2v) is 4.24. The van der Waals surface area contributed by atoms with E-state index in [4.69, 9.17) is 14.6 Å². The van der Waals surface area contributed by atoms with Gasteiger partial charge in [0.25, 0.3) is 0 Å². The lowest BCUT2D eigenvalue weighted by Gasteiger charge is -2.21. The van der Waals surface area contributed by atoms with Gasteiger partial charge in [-0.1, -0.05) is 0 Å². The SMILES string of the molecule is CN1CCCC1CC1OCC(C(=O)O)O1. The van der Waals surface area contributed by atoms with Crippen molar-refractivity contribution in [1.29, 1.82) is 0 Å². The van der Waals surface area contributed by atoms with Crippen molar-refractivity contribution in [2.24, 2.45) is 0 Å². The molecule has 2 saturated heterocycles. The highest BCUT2D eigenvalue weighted by molar-refractivity contribution is 5.72. The first-order chi connectivity index (χ1) is 7.16. The zero-order valence-electron chi connectivity index (χ0n) is 8.89. The van der Waals surface area contributed by atoms with E-state index in [0.717, 1.165) is 19.4 Å². The van der Waals surface area contributed by atoms with Gasteiger partial charge in [0.2, 0.25) is 0 Å². The molecule has 3 unspecified atom stereocenters. The third kappa shape index (κ3) is 2.48. The fourth-order valence-electron chi connectivity index (χ4n) is 2.21. The number of ether oxygens (including phenoxy) is 2. The smallest absolute Gasteiger partial charge is 0.335 e. The van der Waals surface area contributed by atoms with Crippen molar-refractivity contribution in [2.75, 3.05) is 20.2 Å². The van der Waals surface area contributed by atoms with Gasteiger partial charge in [-0.15, -0.1) is 0 Å². The van der Waals surface area contributed by atoms with Gasteiger partial charge >= 0.3 is 5.97 Å². The molecule has 5 nitrogen and oxygen atoms in total. The Kier molecular flexibility index (Phi) is 3.23. The Balaban J connectivity index is 1.79. The number of rotatable bonds is 3. The minimum Gasteiger partial charge on any atom is -0.479 e. The Morgan fingerprint density at radius 1 is 1.60 bits per heavy atom. The van der Waals surface area contributed by atoms with Crippen molar-refractivity contribution < 1.29 is 19.4 Å². The number of likely N-dealkylation sites (tertiary alicyclic amines) is 1. The summed E-state index contributed by atoms with van der Waals surface area (Å²) >= 11 is 0. The highest BCUT2D eigenvalue weighted by Gasteiger charge is 2.34. The maximum atomic E-state index is 10.6. The summed E-state index contributed by atoms with van der Waals surface area (Å²) in [5, 5.41) is 8.73. The highest BCUT2D eigenvalue weighted by atomic mass is 16.7. The third-order valence-electron chi connectivity index (χ3n) is 3.16. The number of carboxylic acid groups (broad SMARTS) is 1. The molecular weight excluding hydrogens is 198 g/mol.